The van der Waals surface area contributed by atoms with E-state index in [2.05, 4.69) is 5.32 Å². The summed E-state index contributed by atoms with van der Waals surface area (Å²) >= 11 is 0. The molecule has 1 aliphatic heterocycles. The molecular formula is C15H24N4O3. The van der Waals surface area contributed by atoms with Crippen molar-refractivity contribution in [2.45, 2.75) is 20.8 Å². The van der Waals surface area contributed by atoms with Crippen LogP contribution < -0.4 is 5.32 Å². The molecule has 0 aliphatic carbocycles. The van der Waals surface area contributed by atoms with E-state index in [0.29, 0.717) is 45.2 Å². The van der Waals surface area contributed by atoms with Gasteiger partial charge in [-0.15, -0.1) is 0 Å². The molecule has 0 aromatic heterocycles. The van der Waals surface area contributed by atoms with Gasteiger partial charge in [0.2, 0.25) is 0 Å². The number of rotatable bonds is 5. The monoisotopic (exact) mass is 308 g/mol. The van der Waals surface area contributed by atoms with Gasteiger partial charge in [-0.2, -0.15) is 5.26 Å². The predicted octanol–water partition coefficient (Wildman–Crippen LogP) is 0.940. The molecule has 0 aromatic rings. The summed E-state index contributed by atoms with van der Waals surface area (Å²) in [5.74, 6) is -0.0268. The molecule has 7 heteroatoms. The number of amides is 2. The molecule has 1 saturated heterocycles. The number of hydrogen-bond acceptors (Lipinski definition) is 5. The maximum absolute atomic E-state index is 11.9. The van der Waals surface area contributed by atoms with Crippen molar-refractivity contribution in [1.29, 1.82) is 5.26 Å². The molecule has 22 heavy (non-hydrogen) atoms. The summed E-state index contributed by atoms with van der Waals surface area (Å²) in [5, 5.41) is 11.8. The predicted molar refractivity (Wildman–Crippen MR) is 81.7 cm³/mol. The Hall–Kier alpha value is -2.23. The van der Waals surface area contributed by atoms with E-state index in [1.807, 2.05) is 24.8 Å². The molecule has 1 fully saturated rings. The van der Waals surface area contributed by atoms with Gasteiger partial charge in [0.1, 0.15) is 11.6 Å². The van der Waals surface area contributed by atoms with E-state index in [9.17, 15) is 9.59 Å². The van der Waals surface area contributed by atoms with Crippen LogP contribution in [0.15, 0.2) is 11.8 Å². The largest absolute Gasteiger partial charge is 0.450 e. The van der Waals surface area contributed by atoms with Crippen LogP contribution in [0.2, 0.25) is 0 Å². The molecule has 0 atom stereocenters. The number of carbonyl (C=O) groups excluding carboxylic acids is 2. The van der Waals surface area contributed by atoms with Gasteiger partial charge >= 0.3 is 6.09 Å². The summed E-state index contributed by atoms with van der Waals surface area (Å²) in [4.78, 5) is 27.0. The van der Waals surface area contributed by atoms with Crippen LogP contribution in [0.3, 0.4) is 0 Å². The van der Waals surface area contributed by atoms with Crippen molar-refractivity contribution in [2.24, 2.45) is 5.92 Å². The lowest BCUT2D eigenvalue weighted by atomic mass is 10.2. The Kier molecular flexibility index (Phi) is 7.23. The van der Waals surface area contributed by atoms with Crippen molar-refractivity contribution in [3.05, 3.63) is 11.8 Å². The molecule has 2 amide bonds. The zero-order valence-electron chi connectivity index (χ0n) is 13.5. The standard InChI is InChI=1S/C15H24N4O3/c1-4-22-15(21)19-7-5-18(6-8-19)11-13(9-16)14(20)17-10-12(2)3/h11-12H,4-8,10H2,1-3H3,(H,17,20)/b13-11-. The van der Waals surface area contributed by atoms with Gasteiger partial charge in [-0.1, -0.05) is 13.8 Å². The molecule has 1 N–H and O–H groups in total. The molecule has 0 bridgehead atoms. The van der Waals surface area contributed by atoms with Gasteiger partial charge in [-0.05, 0) is 12.8 Å². The SMILES string of the molecule is CCOC(=O)N1CCN(/C=C(/C#N)C(=O)NCC(C)C)CC1. The van der Waals surface area contributed by atoms with Crippen molar-refractivity contribution in [3.8, 4) is 6.07 Å². The maximum Gasteiger partial charge on any atom is 0.409 e. The Morgan fingerprint density at radius 2 is 1.95 bits per heavy atom. The second-order valence-corrected chi connectivity index (χ2v) is 5.48. The number of ether oxygens (including phenoxy) is 1. The van der Waals surface area contributed by atoms with Gasteiger partial charge < -0.3 is 19.9 Å². The third-order valence-electron chi connectivity index (χ3n) is 3.19. The number of nitrogens with one attached hydrogen (secondary N) is 1. The summed E-state index contributed by atoms with van der Waals surface area (Å²) in [7, 11) is 0. The minimum absolute atomic E-state index is 0.0882. The highest BCUT2D eigenvalue weighted by Crippen LogP contribution is 2.06. The molecule has 1 heterocycles. The van der Waals surface area contributed by atoms with E-state index >= 15 is 0 Å². The van der Waals surface area contributed by atoms with Crippen molar-refractivity contribution < 1.29 is 14.3 Å². The van der Waals surface area contributed by atoms with Crippen molar-refractivity contribution in [1.82, 2.24) is 15.1 Å². The highest BCUT2D eigenvalue weighted by atomic mass is 16.6. The summed E-state index contributed by atoms with van der Waals surface area (Å²) < 4.78 is 4.95. The van der Waals surface area contributed by atoms with E-state index in [1.54, 1.807) is 18.0 Å². The van der Waals surface area contributed by atoms with E-state index in [0.717, 1.165) is 0 Å². The molecule has 7 nitrogen and oxygen atoms in total. The summed E-state index contributed by atoms with van der Waals surface area (Å²) in [6.45, 7) is 8.81. The van der Waals surface area contributed by atoms with E-state index in [4.69, 9.17) is 10.00 Å². The molecule has 0 aromatic carbocycles. The zero-order valence-corrected chi connectivity index (χ0v) is 13.5. The fourth-order valence-corrected chi connectivity index (χ4v) is 1.96. The average Bonchev–Trinajstić information content (AvgIpc) is 2.51. The Balaban J connectivity index is 2.53. The quantitative estimate of drug-likeness (QED) is 0.603. The average molecular weight is 308 g/mol. The topological polar surface area (TPSA) is 85.7 Å². The third-order valence-corrected chi connectivity index (χ3v) is 3.19. The Bertz CT molecular complexity index is 460. The molecule has 0 saturated carbocycles. The summed E-state index contributed by atoms with van der Waals surface area (Å²) in [6, 6.07) is 1.93. The van der Waals surface area contributed by atoms with Crippen LogP contribution in [0.4, 0.5) is 4.79 Å². The van der Waals surface area contributed by atoms with E-state index in [1.165, 1.54) is 0 Å². The van der Waals surface area contributed by atoms with Crippen LogP contribution in [-0.4, -0.2) is 61.1 Å². The molecule has 0 radical (unpaired) electrons. The first-order chi connectivity index (χ1) is 10.5. The minimum Gasteiger partial charge on any atom is -0.450 e. The van der Waals surface area contributed by atoms with Crippen molar-refractivity contribution in [3.63, 3.8) is 0 Å². The van der Waals surface area contributed by atoms with Crippen molar-refractivity contribution in [2.75, 3.05) is 39.3 Å². The Labute approximate surface area is 131 Å². The van der Waals surface area contributed by atoms with Gasteiger partial charge in [-0.3, -0.25) is 4.79 Å². The van der Waals surface area contributed by atoms with Crippen LogP contribution in [0, 0.1) is 17.2 Å². The fraction of sp³-hybridized carbons (Fsp3) is 0.667. The fourth-order valence-electron chi connectivity index (χ4n) is 1.96. The van der Waals surface area contributed by atoms with Gasteiger partial charge in [0.25, 0.3) is 5.91 Å². The third kappa shape index (κ3) is 5.64. The van der Waals surface area contributed by atoms with Crippen LogP contribution in [-0.2, 0) is 9.53 Å². The number of carbonyl (C=O) groups is 2. The van der Waals surface area contributed by atoms with Crippen LogP contribution in [0.5, 0.6) is 0 Å². The first kappa shape index (κ1) is 17.8. The van der Waals surface area contributed by atoms with Crippen molar-refractivity contribution >= 4 is 12.0 Å². The molecule has 122 valence electrons. The van der Waals surface area contributed by atoms with Gasteiger partial charge in [0.15, 0.2) is 0 Å². The number of piperazine rings is 1. The minimum atomic E-state index is -0.357. The second kappa shape index (κ2) is 8.93. The smallest absolute Gasteiger partial charge is 0.409 e. The second-order valence-electron chi connectivity index (χ2n) is 5.48. The van der Waals surface area contributed by atoms with Crippen LogP contribution in [0.1, 0.15) is 20.8 Å². The molecule has 1 rings (SSSR count). The lowest BCUT2D eigenvalue weighted by molar-refractivity contribution is -0.117. The zero-order chi connectivity index (χ0) is 16.5. The highest BCUT2D eigenvalue weighted by molar-refractivity contribution is 5.97. The molecule has 0 spiro atoms. The molecule has 0 unspecified atom stereocenters. The van der Waals surface area contributed by atoms with E-state index < -0.39 is 0 Å². The lowest BCUT2D eigenvalue weighted by Gasteiger charge is -2.33. The summed E-state index contributed by atoms with van der Waals surface area (Å²) in [6.07, 6.45) is 1.25. The number of nitriles is 1. The van der Waals surface area contributed by atoms with Gasteiger partial charge in [-0.25, -0.2) is 4.79 Å². The van der Waals surface area contributed by atoms with E-state index in [-0.39, 0.29) is 17.6 Å². The highest BCUT2D eigenvalue weighted by Gasteiger charge is 2.21. The molecule has 1 aliphatic rings. The Morgan fingerprint density at radius 3 is 2.45 bits per heavy atom. The maximum atomic E-state index is 11.9. The first-order valence-electron chi connectivity index (χ1n) is 7.53. The first-order valence-corrected chi connectivity index (χ1v) is 7.53. The number of hydrogen-bond donors (Lipinski definition) is 1. The van der Waals surface area contributed by atoms with Crippen LogP contribution in [0.25, 0.3) is 0 Å². The van der Waals surface area contributed by atoms with Crippen LogP contribution >= 0.6 is 0 Å². The summed E-state index contributed by atoms with van der Waals surface area (Å²) in [5.41, 5.74) is 0.0882. The van der Waals surface area contributed by atoms with Gasteiger partial charge in [0, 0.05) is 38.9 Å². The Morgan fingerprint density at radius 1 is 1.32 bits per heavy atom. The van der Waals surface area contributed by atoms with Gasteiger partial charge in [0.05, 0.1) is 6.61 Å². The lowest BCUT2D eigenvalue weighted by Crippen LogP contribution is -2.47. The number of nitrogens with zero attached hydrogens (tertiary/aromatic N) is 3. The normalized spacial score (nSPS) is 15.5. The molecular weight excluding hydrogens is 284 g/mol.